The Labute approximate surface area is 166 Å². The summed E-state index contributed by atoms with van der Waals surface area (Å²) < 4.78 is 2.29. The van der Waals surface area contributed by atoms with Crippen molar-refractivity contribution in [3.05, 3.63) is 72.2 Å². The van der Waals surface area contributed by atoms with Crippen molar-refractivity contribution >= 4 is 31.8 Å². The molecule has 0 atom stereocenters. The molecule has 0 bridgehead atoms. The number of pyridine rings is 4. The van der Waals surface area contributed by atoms with Crippen LogP contribution in [0, 0.1) is 0 Å². The molecule has 28 heavy (non-hydrogen) atoms. The summed E-state index contributed by atoms with van der Waals surface area (Å²) in [5.74, 6) is 0. The van der Waals surface area contributed by atoms with E-state index >= 15 is 0 Å². The van der Waals surface area contributed by atoms with Crippen LogP contribution in [0.2, 0.25) is 0 Å². The maximum atomic E-state index is 5.01. The lowest BCUT2D eigenvalue weighted by atomic mass is 9.83. The molecule has 5 aromatic rings. The van der Waals surface area contributed by atoms with Crippen LogP contribution in [0.25, 0.3) is 43.1 Å². The lowest BCUT2D eigenvalue weighted by Gasteiger charge is -2.20. The van der Waals surface area contributed by atoms with Gasteiger partial charge >= 0.3 is 0 Å². The number of rotatable bonds is 1. The second kappa shape index (κ2) is 5.42. The number of nitrogens with zero attached hydrogens (tertiary/aromatic N) is 4. The molecular weight excluding hydrogens is 364 g/mol. The van der Waals surface area contributed by atoms with Crippen LogP contribution in [0.3, 0.4) is 0 Å². The summed E-state index contributed by atoms with van der Waals surface area (Å²) in [6.45, 7) is 4.47. The third-order valence-corrected chi connectivity index (χ3v) is 6.72. The maximum Gasteiger partial charge on any atom is 0.107 e. The van der Waals surface area contributed by atoms with E-state index < -0.39 is 0 Å². The fraction of sp³-hybridized carbons (Fsp3) is 0.130. The molecule has 0 aromatic carbocycles. The van der Waals surface area contributed by atoms with Crippen molar-refractivity contribution in [1.82, 2.24) is 19.9 Å². The predicted octanol–water partition coefficient (Wildman–Crippen LogP) is 5.61. The molecule has 0 saturated heterocycles. The van der Waals surface area contributed by atoms with Crippen molar-refractivity contribution in [2.45, 2.75) is 19.3 Å². The second-order valence-corrected chi connectivity index (χ2v) is 8.72. The van der Waals surface area contributed by atoms with Gasteiger partial charge in [-0.05, 0) is 41.5 Å². The summed E-state index contributed by atoms with van der Waals surface area (Å²) >= 11 is 1.72. The Balaban J connectivity index is 1.55. The van der Waals surface area contributed by atoms with E-state index in [9.17, 15) is 0 Å². The van der Waals surface area contributed by atoms with Crippen molar-refractivity contribution < 1.29 is 0 Å². The van der Waals surface area contributed by atoms with Crippen molar-refractivity contribution in [1.29, 1.82) is 0 Å². The molecule has 0 saturated carbocycles. The van der Waals surface area contributed by atoms with Crippen molar-refractivity contribution in [3.8, 4) is 22.6 Å². The van der Waals surface area contributed by atoms with Gasteiger partial charge in [-0.25, -0.2) is 4.98 Å². The standard InChI is InChI=1S/C23H16N4S/c1-23(2)14-5-3-9-24-19(14)20-15(23)7-8-16(27-20)13-11-18-22(26-12-13)21-17(28-18)6-4-10-25-21/h3-12H,1-2H3. The van der Waals surface area contributed by atoms with Gasteiger partial charge in [0.2, 0.25) is 0 Å². The van der Waals surface area contributed by atoms with Crippen molar-refractivity contribution in [2.24, 2.45) is 0 Å². The Morgan fingerprint density at radius 3 is 2.50 bits per heavy atom. The Kier molecular flexibility index (Phi) is 3.07. The van der Waals surface area contributed by atoms with Crippen LogP contribution in [-0.4, -0.2) is 19.9 Å². The fourth-order valence-corrected chi connectivity index (χ4v) is 5.22. The summed E-state index contributed by atoms with van der Waals surface area (Å²) in [6, 6.07) is 14.7. The number of hydrogen-bond acceptors (Lipinski definition) is 5. The topological polar surface area (TPSA) is 51.6 Å². The molecule has 0 N–H and O–H groups in total. The van der Waals surface area contributed by atoms with E-state index in [1.54, 1.807) is 11.3 Å². The predicted molar refractivity (Wildman–Crippen MR) is 114 cm³/mol. The minimum Gasteiger partial charge on any atom is -0.254 e. The minimum atomic E-state index is -0.0796. The van der Waals surface area contributed by atoms with Crippen LogP contribution in [0.1, 0.15) is 25.0 Å². The molecule has 0 unspecified atom stereocenters. The zero-order valence-corrected chi connectivity index (χ0v) is 16.3. The van der Waals surface area contributed by atoms with Gasteiger partial charge in [0.25, 0.3) is 0 Å². The van der Waals surface area contributed by atoms with E-state index in [0.29, 0.717) is 0 Å². The Hall–Kier alpha value is -3.18. The SMILES string of the molecule is CC1(C)c2cccnc2-c2nc(-c3cnc4c(c3)sc3cccnc34)ccc21. The summed E-state index contributed by atoms with van der Waals surface area (Å²) in [5, 5.41) is 0. The molecule has 0 spiro atoms. The van der Waals surface area contributed by atoms with E-state index in [2.05, 4.69) is 54.1 Å². The van der Waals surface area contributed by atoms with E-state index in [-0.39, 0.29) is 5.41 Å². The van der Waals surface area contributed by atoms with Crippen molar-refractivity contribution in [2.75, 3.05) is 0 Å². The minimum absolute atomic E-state index is 0.0796. The van der Waals surface area contributed by atoms with Gasteiger partial charge < -0.3 is 0 Å². The molecule has 5 heteroatoms. The first-order chi connectivity index (χ1) is 13.6. The fourth-order valence-electron chi connectivity index (χ4n) is 4.16. The van der Waals surface area contributed by atoms with Crippen LogP contribution in [-0.2, 0) is 5.41 Å². The molecule has 1 aliphatic carbocycles. The largest absolute Gasteiger partial charge is 0.254 e. The van der Waals surface area contributed by atoms with Gasteiger partial charge in [0.15, 0.2) is 0 Å². The molecule has 0 radical (unpaired) electrons. The molecule has 1 aliphatic rings. The quantitative estimate of drug-likeness (QED) is 0.379. The highest BCUT2D eigenvalue weighted by Gasteiger charge is 2.37. The number of fused-ring (bicyclic) bond motifs is 6. The Morgan fingerprint density at radius 1 is 0.786 bits per heavy atom. The first-order valence-electron chi connectivity index (χ1n) is 9.24. The molecule has 0 aliphatic heterocycles. The van der Waals surface area contributed by atoms with Gasteiger partial charge in [0.1, 0.15) is 11.0 Å². The maximum absolute atomic E-state index is 5.01. The third kappa shape index (κ3) is 2.05. The van der Waals surface area contributed by atoms with Gasteiger partial charge in [-0.2, -0.15) is 0 Å². The van der Waals surface area contributed by atoms with Crippen LogP contribution in [0.5, 0.6) is 0 Å². The molecule has 134 valence electrons. The third-order valence-electron chi connectivity index (χ3n) is 5.64. The average molecular weight is 380 g/mol. The Morgan fingerprint density at radius 2 is 1.57 bits per heavy atom. The monoisotopic (exact) mass is 380 g/mol. The highest BCUT2D eigenvalue weighted by atomic mass is 32.1. The zero-order chi connectivity index (χ0) is 18.9. The van der Waals surface area contributed by atoms with Gasteiger partial charge in [-0.3, -0.25) is 15.0 Å². The Bertz CT molecular complexity index is 1400. The normalized spacial score (nSPS) is 14.4. The number of aromatic nitrogens is 4. The van der Waals surface area contributed by atoms with Gasteiger partial charge in [0, 0.05) is 29.6 Å². The number of hydrogen-bond donors (Lipinski definition) is 0. The van der Waals surface area contributed by atoms with Gasteiger partial charge in [0.05, 0.1) is 26.5 Å². The smallest absolute Gasteiger partial charge is 0.107 e. The summed E-state index contributed by atoms with van der Waals surface area (Å²) in [6.07, 6.45) is 5.56. The van der Waals surface area contributed by atoms with Gasteiger partial charge in [-0.1, -0.05) is 26.0 Å². The van der Waals surface area contributed by atoms with Gasteiger partial charge in [-0.15, -0.1) is 11.3 Å². The first-order valence-corrected chi connectivity index (χ1v) is 10.1. The molecule has 5 heterocycles. The summed E-state index contributed by atoms with van der Waals surface area (Å²) in [7, 11) is 0. The lowest BCUT2D eigenvalue weighted by Crippen LogP contribution is -2.15. The van der Waals surface area contributed by atoms with Crippen LogP contribution in [0.15, 0.2) is 61.1 Å². The van der Waals surface area contributed by atoms with Crippen LogP contribution < -0.4 is 0 Å². The first kappa shape index (κ1) is 15.8. The molecular formula is C23H16N4S. The van der Waals surface area contributed by atoms with E-state index in [4.69, 9.17) is 9.97 Å². The average Bonchev–Trinajstić information content (AvgIpc) is 3.21. The van der Waals surface area contributed by atoms with Crippen LogP contribution in [0.4, 0.5) is 0 Å². The molecule has 4 nitrogen and oxygen atoms in total. The summed E-state index contributed by atoms with van der Waals surface area (Å²) in [4.78, 5) is 18.8. The lowest BCUT2D eigenvalue weighted by molar-refractivity contribution is 0.658. The second-order valence-electron chi connectivity index (χ2n) is 7.64. The summed E-state index contributed by atoms with van der Waals surface area (Å²) in [5.41, 5.74) is 8.22. The molecule has 5 aromatic heterocycles. The van der Waals surface area contributed by atoms with E-state index in [1.165, 1.54) is 11.1 Å². The number of thiophene rings is 1. The molecule has 0 fully saturated rings. The van der Waals surface area contributed by atoms with E-state index in [0.717, 1.165) is 43.1 Å². The highest BCUT2D eigenvalue weighted by molar-refractivity contribution is 7.25. The highest BCUT2D eigenvalue weighted by Crippen LogP contribution is 2.47. The molecule has 6 rings (SSSR count). The van der Waals surface area contributed by atoms with E-state index in [1.807, 2.05) is 30.7 Å². The van der Waals surface area contributed by atoms with Crippen molar-refractivity contribution in [3.63, 3.8) is 0 Å². The van der Waals surface area contributed by atoms with Crippen LogP contribution >= 0.6 is 11.3 Å². The molecule has 0 amide bonds. The zero-order valence-electron chi connectivity index (χ0n) is 15.5.